The zero-order valence-electron chi connectivity index (χ0n) is 17.0. The first-order valence-corrected chi connectivity index (χ1v) is 9.73. The molecule has 0 aliphatic heterocycles. The first-order valence-electron chi connectivity index (χ1n) is 9.73. The van der Waals surface area contributed by atoms with E-state index in [2.05, 4.69) is 57.1 Å². The fraction of sp³-hybridized carbons (Fsp3) is 0.261. The first kappa shape index (κ1) is 19.1. The molecule has 0 unspecified atom stereocenters. The molecule has 0 spiro atoms. The lowest BCUT2D eigenvalue weighted by Gasteiger charge is -2.11. The topological polar surface area (TPSA) is 66.9 Å². The summed E-state index contributed by atoms with van der Waals surface area (Å²) < 4.78 is 5.87. The molecule has 0 radical (unpaired) electrons. The number of benzene rings is 1. The van der Waals surface area contributed by atoms with Gasteiger partial charge in [0.25, 0.3) is 0 Å². The van der Waals surface area contributed by atoms with Crippen LogP contribution in [0.5, 0.6) is 5.75 Å². The first-order chi connectivity index (χ1) is 14.1. The van der Waals surface area contributed by atoms with E-state index < -0.39 is 0 Å². The highest BCUT2D eigenvalue weighted by atomic mass is 16.5. The number of pyridine rings is 1. The maximum atomic E-state index is 5.87. The van der Waals surface area contributed by atoms with Gasteiger partial charge in [-0.3, -0.25) is 0 Å². The number of hydrogen-bond donors (Lipinski definition) is 1. The van der Waals surface area contributed by atoms with Crippen molar-refractivity contribution in [2.75, 3.05) is 27.2 Å². The standard InChI is InChI=1S/C23H25N5O/c1-16-11-20-21(18-13-24-15-25-14-18)22(27-23(20)26-12-16)17-5-7-19(8-6-17)29-10-4-9-28(2)3/h5-8,11-15H,4,9-10H2,1-3H3,(H,26,27). The number of ether oxygens (including phenoxy) is 1. The summed E-state index contributed by atoms with van der Waals surface area (Å²) in [5.41, 5.74) is 6.07. The van der Waals surface area contributed by atoms with Gasteiger partial charge < -0.3 is 14.6 Å². The molecule has 148 valence electrons. The number of aromatic nitrogens is 4. The highest BCUT2D eigenvalue weighted by molar-refractivity contribution is 6.02. The molecule has 1 aromatic carbocycles. The van der Waals surface area contributed by atoms with Crippen molar-refractivity contribution in [1.29, 1.82) is 0 Å². The predicted octanol–water partition coefficient (Wildman–Crippen LogP) is 4.33. The van der Waals surface area contributed by atoms with Crippen LogP contribution in [-0.4, -0.2) is 52.1 Å². The normalized spacial score (nSPS) is 11.3. The molecule has 0 fully saturated rings. The van der Waals surface area contributed by atoms with Crippen molar-refractivity contribution in [2.45, 2.75) is 13.3 Å². The van der Waals surface area contributed by atoms with Crippen LogP contribution in [0.25, 0.3) is 33.4 Å². The quantitative estimate of drug-likeness (QED) is 0.478. The molecular formula is C23H25N5O. The van der Waals surface area contributed by atoms with E-state index in [1.165, 1.54) is 0 Å². The third-order valence-electron chi connectivity index (χ3n) is 4.80. The smallest absolute Gasteiger partial charge is 0.138 e. The molecule has 4 rings (SSSR count). The number of nitrogens with one attached hydrogen (secondary N) is 1. The molecule has 6 nitrogen and oxygen atoms in total. The van der Waals surface area contributed by atoms with Crippen molar-refractivity contribution in [1.82, 2.24) is 24.8 Å². The molecule has 1 N–H and O–H groups in total. The zero-order chi connectivity index (χ0) is 20.2. The van der Waals surface area contributed by atoms with Gasteiger partial charge in [-0.05, 0) is 68.9 Å². The minimum atomic E-state index is 0.708. The van der Waals surface area contributed by atoms with Crippen molar-refractivity contribution < 1.29 is 4.74 Å². The number of aromatic amines is 1. The van der Waals surface area contributed by atoms with E-state index in [4.69, 9.17) is 4.74 Å². The van der Waals surface area contributed by atoms with Gasteiger partial charge in [0.05, 0.1) is 12.3 Å². The number of fused-ring (bicyclic) bond motifs is 1. The van der Waals surface area contributed by atoms with Crippen LogP contribution in [0.15, 0.2) is 55.2 Å². The van der Waals surface area contributed by atoms with Crippen LogP contribution < -0.4 is 4.74 Å². The van der Waals surface area contributed by atoms with Crippen LogP contribution in [0.4, 0.5) is 0 Å². The molecule has 0 aliphatic carbocycles. The number of H-pyrrole nitrogens is 1. The second-order valence-electron chi connectivity index (χ2n) is 7.44. The van der Waals surface area contributed by atoms with Crippen molar-refractivity contribution in [3.63, 3.8) is 0 Å². The molecule has 0 saturated heterocycles. The fourth-order valence-electron chi connectivity index (χ4n) is 3.41. The fourth-order valence-corrected chi connectivity index (χ4v) is 3.41. The zero-order valence-corrected chi connectivity index (χ0v) is 17.0. The van der Waals surface area contributed by atoms with Gasteiger partial charge >= 0.3 is 0 Å². The third-order valence-corrected chi connectivity index (χ3v) is 4.80. The number of aryl methyl sites for hydroxylation is 1. The molecule has 0 amide bonds. The van der Waals surface area contributed by atoms with Gasteiger partial charge in [0.1, 0.15) is 17.7 Å². The largest absolute Gasteiger partial charge is 0.494 e. The van der Waals surface area contributed by atoms with Gasteiger partial charge in [-0.2, -0.15) is 0 Å². The van der Waals surface area contributed by atoms with E-state index in [0.29, 0.717) is 6.61 Å². The minimum Gasteiger partial charge on any atom is -0.494 e. The lowest BCUT2D eigenvalue weighted by Crippen LogP contribution is -2.15. The Kier molecular flexibility index (Phi) is 5.53. The Balaban J connectivity index is 1.67. The SMILES string of the molecule is Cc1cnc2[nH]c(-c3ccc(OCCCN(C)C)cc3)c(-c3cncnc3)c2c1. The average Bonchev–Trinajstić information content (AvgIpc) is 3.10. The molecule has 6 heteroatoms. The molecular weight excluding hydrogens is 362 g/mol. The van der Waals surface area contributed by atoms with Gasteiger partial charge in [-0.1, -0.05) is 0 Å². The summed E-state index contributed by atoms with van der Waals surface area (Å²) in [7, 11) is 4.14. The highest BCUT2D eigenvalue weighted by Gasteiger charge is 2.16. The van der Waals surface area contributed by atoms with Gasteiger partial charge in [-0.25, -0.2) is 15.0 Å². The summed E-state index contributed by atoms with van der Waals surface area (Å²) in [6.45, 7) is 3.77. The summed E-state index contributed by atoms with van der Waals surface area (Å²) >= 11 is 0. The Morgan fingerprint density at radius 2 is 1.76 bits per heavy atom. The van der Waals surface area contributed by atoms with E-state index in [1.807, 2.05) is 37.6 Å². The average molecular weight is 387 g/mol. The molecule has 0 atom stereocenters. The Labute approximate surface area is 170 Å². The van der Waals surface area contributed by atoms with Crippen LogP contribution in [0, 0.1) is 6.92 Å². The maximum absolute atomic E-state index is 5.87. The lowest BCUT2D eigenvalue weighted by atomic mass is 10.0. The van der Waals surface area contributed by atoms with Crippen molar-refractivity contribution in [3.8, 4) is 28.1 Å². The minimum absolute atomic E-state index is 0.708. The summed E-state index contributed by atoms with van der Waals surface area (Å²) in [5.74, 6) is 0.877. The summed E-state index contributed by atoms with van der Waals surface area (Å²) in [4.78, 5) is 18.6. The molecule has 29 heavy (non-hydrogen) atoms. The predicted molar refractivity (Wildman–Crippen MR) is 116 cm³/mol. The van der Waals surface area contributed by atoms with E-state index in [1.54, 1.807) is 6.33 Å². The molecule has 4 aromatic rings. The highest BCUT2D eigenvalue weighted by Crippen LogP contribution is 2.37. The second kappa shape index (κ2) is 8.41. The lowest BCUT2D eigenvalue weighted by molar-refractivity contribution is 0.281. The van der Waals surface area contributed by atoms with Crippen molar-refractivity contribution in [3.05, 3.63) is 60.8 Å². The number of hydrogen-bond acceptors (Lipinski definition) is 5. The Hall–Kier alpha value is -3.25. The van der Waals surface area contributed by atoms with Crippen LogP contribution in [0.3, 0.4) is 0 Å². The third kappa shape index (κ3) is 4.27. The van der Waals surface area contributed by atoms with Crippen LogP contribution in [0.2, 0.25) is 0 Å². The summed E-state index contributed by atoms with van der Waals surface area (Å²) in [6.07, 6.45) is 8.09. The van der Waals surface area contributed by atoms with Crippen LogP contribution >= 0.6 is 0 Å². The Morgan fingerprint density at radius 1 is 1.00 bits per heavy atom. The monoisotopic (exact) mass is 387 g/mol. The number of rotatable bonds is 7. The van der Waals surface area contributed by atoms with E-state index in [9.17, 15) is 0 Å². The van der Waals surface area contributed by atoms with Gasteiger partial charge in [0.2, 0.25) is 0 Å². The summed E-state index contributed by atoms with van der Waals surface area (Å²) in [5, 5.41) is 1.07. The molecule has 3 aromatic heterocycles. The van der Waals surface area contributed by atoms with E-state index in [-0.39, 0.29) is 0 Å². The molecule has 3 heterocycles. The Morgan fingerprint density at radius 3 is 2.48 bits per heavy atom. The number of nitrogens with zero attached hydrogens (tertiary/aromatic N) is 4. The van der Waals surface area contributed by atoms with Gasteiger partial charge in [0.15, 0.2) is 0 Å². The van der Waals surface area contributed by atoms with Gasteiger partial charge in [0, 0.05) is 41.6 Å². The van der Waals surface area contributed by atoms with Crippen LogP contribution in [0.1, 0.15) is 12.0 Å². The molecule has 0 bridgehead atoms. The van der Waals surface area contributed by atoms with Gasteiger partial charge in [-0.15, -0.1) is 0 Å². The molecule has 0 aliphatic rings. The molecule has 0 saturated carbocycles. The summed E-state index contributed by atoms with van der Waals surface area (Å²) in [6, 6.07) is 10.3. The second-order valence-corrected chi connectivity index (χ2v) is 7.44. The Bertz CT molecular complexity index is 1090. The van der Waals surface area contributed by atoms with Crippen LogP contribution in [-0.2, 0) is 0 Å². The van der Waals surface area contributed by atoms with Crippen molar-refractivity contribution >= 4 is 11.0 Å². The van der Waals surface area contributed by atoms with E-state index >= 15 is 0 Å². The van der Waals surface area contributed by atoms with Crippen molar-refractivity contribution in [2.24, 2.45) is 0 Å². The maximum Gasteiger partial charge on any atom is 0.138 e. The van der Waals surface area contributed by atoms with E-state index in [0.717, 1.165) is 57.7 Å².